The van der Waals surface area contributed by atoms with Crippen LogP contribution in [0.4, 0.5) is 0 Å². The molecule has 0 saturated heterocycles. The average Bonchev–Trinajstić information content (AvgIpc) is 2.50. The summed E-state index contributed by atoms with van der Waals surface area (Å²) in [6, 6.07) is 0. The molecule has 0 fully saturated rings. The maximum absolute atomic E-state index is 10.3. The minimum Gasteiger partial charge on any atom is -0.481 e. The van der Waals surface area contributed by atoms with E-state index in [0.717, 1.165) is 12.8 Å². The fourth-order valence-corrected chi connectivity index (χ4v) is 2.14. The second-order valence-electron chi connectivity index (χ2n) is 5.70. The lowest BCUT2D eigenvalue weighted by atomic mass is 10.1. The molecular weight excluding hydrogens is 272 g/mol. The van der Waals surface area contributed by atoms with E-state index in [-0.39, 0.29) is 6.42 Å². The summed E-state index contributed by atoms with van der Waals surface area (Å²) in [5.41, 5.74) is 0. The molecule has 0 atom stereocenters. The van der Waals surface area contributed by atoms with Crippen LogP contribution in [0.1, 0.15) is 84.0 Å². The van der Waals surface area contributed by atoms with Crippen LogP contribution in [-0.2, 0) is 4.79 Å². The number of rotatable bonds is 15. The van der Waals surface area contributed by atoms with Gasteiger partial charge in [-0.15, -0.1) is 0 Å². The second-order valence-corrected chi connectivity index (χ2v) is 5.70. The molecular formula is C20H34O2. The molecule has 0 heterocycles. The molecule has 0 rings (SSSR count). The van der Waals surface area contributed by atoms with Gasteiger partial charge in [0, 0.05) is 6.42 Å². The van der Waals surface area contributed by atoms with E-state index in [1.807, 2.05) is 6.08 Å². The quantitative estimate of drug-likeness (QED) is 0.279. The Labute approximate surface area is 137 Å². The summed E-state index contributed by atoms with van der Waals surface area (Å²) in [4.78, 5) is 10.3. The summed E-state index contributed by atoms with van der Waals surface area (Å²) in [6.07, 6.45) is 26.3. The maximum atomic E-state index is 10.3. The van der Waals surface area contributed by atoms with Crippen LogP contribution < -0.4 is 0 Å². The number of hydrogen-bond acceptors (Lipinski definition) is 1. The highest BCUT2D eigenvalue weighted by atomic mass is 16.4. The van der Waals surface area contributed by atoms with Gasteiger partial charge < -0.3 is 5.11 Å². The van der Waals surface area contributed by atoms with Crippen molar-refractivity contribution in [3.05, 3.63) is 36.5 Å². The molecule has 0 amide bonds. The maximum Gasteiger partial charge on any atom is 0.303 e. The summed E-state index contributed by atoms with van der Waals surface area (Å²) < 4.78 is 0. The molecule has 0 spiro atoms. The molecule has 0 aromatic heterocycles. The van der Waals surface area contributed by atoms with E-state index in [0.29, 0.717) is 6.42 Å². The first-order valence-electron chi connectivity index (χ1n) is 8.94. The predicted octanol–water partition coefficient (Wildman–Crippen LogP) is 6.44. The van der Waals surface area contributed by atoms with Crippen molar-refractivity contribution in [2.75, 3.05) is 0 Å². The van der Waals surface area contributed by atoms with Crippen molar-refractivity contribution in [1.29, 1.82) is 0 Å². The van der Waals surface area contributed by atoms with E-state index >= 15 is 0 Å². The van der Waals surface area contributed by atoms with Gasteiger partial charge in [0.1, 0.15) is 0 Å². The van der Waals surface area contributed by atoms with Crippen LogP contribution in [0.25, 0.3) is 0 Å². The van der Waals surface area contributed by atoms with Crippen LogP contribution in [0.15, 0.2) is 36.5 Å². The molecule has 22 heavy (non-hydrogen) atoms. The molecule has 2 nitrogen and oxygen atoms in total. The Hall–Kier alpha value is -1.31. The summed E-state index contributed by atoms with van der Waals surface area (Å²) >= 11 is 0. The Balaban J connectivity index is 3.25. The minimum absolute atomic E-state index is 0.236. The fourth-order valence-electron chi connectivity index (χ4n) is 2.14. The molecule has 0 aromatic carbocycles. The van der Waals surface area contributed by atoms with Crippen LogP contribution in [-0.4, -0.2) is 11.1 Å². The van der Waals surface area contributed by atoms with Crippen LogP contribution in [0.3, 0.4) is 0 Å². The summed E-state index contributed by atoms with van der Waals surface area (Å²) in [6.45, 7) is 2.24. The first-order chi connectivity index (χ1) is 10.8. The van der Waals surface area contributed by atoms with Crippen molar-refractivity contribution in [3.8, 4) is 0 Å². The number of aliphatic carboxylic acids is 1. The van der Waals surface area contributed by atoms with Gasteiger partial charge in [-0.1, -0.05) is 56.2 Å². The van der Waals surface area contributed by atoms with E-state index in [1.165, 1.54) is 51.4 Å². The van der Waals surface area contributed by atoms with Gasteiger partial charge >= 0.3 is 5.97 Å². The molecule has 1 N–H and O–H groups in total. The zero-order chi connectivity index (χ0) is 16.3. The van der Waals surface area contributed by atoms with Gasteiger partial charge in [0.15, 0.2) is 0 Å². The van der Waals surface area contributed by atoms with E-state index < -0.39 is 5.97 Å². The van der Waals surface area contributed by atoms with Gasteiger partial charge in [0.05, 0.1) is 0 Å². The van der Waals surface area contributed by atoms with Crippen molar-refractivity contribution >= 4 is 5.97 Å². The average molecular weight is 306 g/mol. The molecule has 126 valence electrons. The monoisotopic (exact) mass is 306 g/mol. The van der Waals surface area contributed by atoms with Crippen LogP contribution in [0.2, 0.25) is 0 Å². The molecule has 0 saturated carbocycles. The number of allylic oxidation sites excluding steroid dienone is 6. The Morgan fingerprint density at radius 1 is 0.682 bits per heavy atom. The highest BCUT2D eigenvalue weighted by Crippen LogP contribution is 2.05. The Morgan fingerprint density at radius 3 is 1.55 bits per heavy atom. The molecule has 0 bridgehead atoms. The van der Waals surface area contributed by atoms with E-state index in [9.17, 15) is 4.79 Å². The zero-order valence-corrected chi connectivity index (χ0v) is 14.3. The normalized spacial score (nSPS) is 12.0. The first kappa shape index (κ1) is 20.7. The van der Waals surface area contributed by atoms with E-state index in [1.54, 1.807) is 0 Å². The third kappa shape index (κ3) is 18.7. The second kappa shape index (κ2) is 17.7. The van der Waals surface area contributed by atoms with E-state index in [4.69, 9.17) is 5.11 Å². The van der Waals surface area contributed by atoms with Crippen LogP contribution in [0.5, 0.6) is 0 Å². The molecule has 0 aliphatic rings. The van der Waals surface area contributed by atoms with Gasteiger partial charge in [0.25, 0.3) is 0 Å². The summed E-state index contributed by atoms with van der Waals surface area (Å²) in [5, 5.41) is 8.49. The Kier molecular flexibility index (Phi) is 16.7. The molecule has 2 heteroatoms. The van der Waals surface area contributed by atoms with Crippen molar-refractivity contribution < 1.29 is 9.90 Å². The number of hydrogen-bond donors (Lipinski definition) is 1. The van der Waals surface area contributed by atoms with Gasteiger partial charge in [-0.05, 0) is 57.8 Å². The number of carboxylic acid groups (broad SMARTS) is 1. The molecule has 0 aromatic rings. The van der Waals surface area contributed by atoms with Gasteiger partial charge in [-0.25, -0.2) is 0 Å². The van der Waals surface area contributed by atoms with Crippen molar-refractivity contribution in [3.63, 3.8) is 0 Å². The highest BCUT2D eigenvalue weighted by molar-refractivity contribution is 5.66. The van der Waals surface area contributed by atoms with Gasteiger partial charge in [0.2, 0.25) is 0 Å². The SMILES string of the molecule is CCCCC/C=C/CCCC/C=C/CC/C=C/CCC(=O)O. The molecule has 0 unspecified atom stereocenters. The summed E-state index contributed by atoms with van der Waals surface area (Å²) in [5.74, 6) is -0.722. The fraction of sp³-hybridized carbons (Fsp3) is 0.650. The predicted molar refractivity (Wildman–Crippen MR) is 96.1 cm³/mol. The molecule has 0 aliphatic heterocycles. The molecule has 0 radical (unpaired) electrons. The highest BCUT2D eigenvalue weighted by Gasteiger charge is 1.91. The standard InChI is InChI=1S/C20H34O2/c1-2-3-4-5-6-7-8-9-10-11-12-13-14-15-16-17-18-19-20(21)22/h6-7,12-13,16-17H,2-5,8-11,14-15,18-19H2,1H3,(H,21,22)/b7-6+,13-12+,17-16+. The number of unbranched alkanes of at least 4 members (excludes halogenated alkanes) is 7. The minimum atomic E-state index is -0.722. The largest absolute Gasteiger partial charge is 0.481 e. The number of carboxylic acids is 1. The lowest BCUT2D eigenvalue weighted by Crippen LogP contribution is -1.91. The number of carbonyl (C=O) groups is 1. The van der Waals surface area contributed by atoms with Crippen molar-refractivity contribution in [1.82, 2.24) is 0 Å². The molecule has 0 aliphatic carbocycles. The van der Waals surface area contributed by atoms with Gasteiger partial charge in [-0.3, -0.25) is 4.79 Å². The Morgan fingerprint density at radius 2 is 1.09 bits per heavy atom. The Bertz CT molecular complexity index is 327. The zero-order valence-electron chi connectivity index (χ0n) is 14.3. The van der Waals surface area contributed by atoms with Crippen molar-refractivity contribution in [2.24, 2.45) is 0 Å². The van der Waals surface area contributed by atoms with Crippen LogP contribution in [0, 0.1) is 0 Å². The topological polar surface area (TPSA) is 37.3 Å². The third-order valence-corrected chi connectivity index (χ3v) is 3.49. The lowest BCUT2D eigenvalue weighted by Gasteiger charge is -1.94. The van der Waals surface area contributed by atoms with Crippen molar-refractivity contribution in [2.45, 2.75) is 84.0 Å². The van der Waals surface area contributed by atoms with Gasteiger partial charge in [-0.2, -0.15) is 0 Å². The third-order valence-electron chi connectivity index (χ3n) is 3.49. The van der Waals surface area contributed by atoms with E-state index in [2.05, 4.69) is 37.3 Å². The lowest BCUT2D eigenvalue weighted by molar-refractivity contribution is -0.136. The smallest absolute Gasteiger partial charge is 0.303 e. The first-order valence-corrected chi connectivity index (χ1v) is 8.94. The summed E-state index contributed by atoms with van der Waals surface area (Å²) in [7, 11) is 0. The van der Waals surface area contributed by atoms with Crippen LogP contribution >= 0.6 is 0 Å².